The molecule has 1 aromatic rings. The van der Waals surface area contributed by atoms with Crippen LogP contribution in [0.5, 0.6) is 0 Å². The summed E-state index contributed by atoms with van der Waals surface area (Å²) in [4.78, 5) is 2.18. The molecule has 1 rings (SSSR count). The Kier molecular flexibility index (Phi) is 5.15. The van der Waals surface area contributed by atoms with Crippen LogP contribution >= 0.6 is 0 Å². The first-order chi connectivity index (χ1) is 8.33. The Morgan fingerprint density at radius 3 is 2.50 bits per heavy atom. The fourth-order valence-electron chi connectivity index (χ4n) is 1.88. The van der Waals surface area contributed by atoms with Crippen LogP contribution in [0.15, 0.2) is 18.2 Å². The van der Waals surface area contributed by atoms with E-state index >= 15 is 0 Å². The Labute approximate surface area is 110 Å². The number of hydrogen-bond acceptors (Lipinski definition) is 2. The first kappa shape index (κ1) is 15.0. The van der Waals surface area contributed by atoms with E-state index in [0.29, 0.717) is 6.54 Å². The van der Waals surface area contributed by atoms with E-state index in [0.717, 1.165) is 24.2 Å². The van der Waals surface area contributed by atoms with Gasteiger partial charge in [-0.05, 0) is 51.0 Å². The maximum Gasteiger partial charge on any atom is 0.123 e. The molecule has 1 aromatic carbocycles. The van der Waals surface area contributed by atoms with Gasteiger partial charge in [-0.3, -0.25) is 0 Å². The van der Waals surface area contributed by atoms with Crippen LogP contribution in [-0.2, 0) is 6.54 Å². The van der Waals surface area contributed by atoms with Gasteiger partial charge in [0.15, 0.2) is 0 Å². The number of rotatable bonds is 5. The fourth-order valence-corrected chi connectivity index (χ4v) is 1.88. The lowest BCUT2D eigenvalue weighted by Gasteiger charge is -2.25. The average Bonchev–Trinajstić information content (AvgIpc) is 2.25. The van der Waals surface area contributed by atoms with Crippen LogP contribution in [0.3, 0.4) is 0 Å². The molecule has 0 aromatic heterocycles. The molecule has 0 aliphatic rings. The summed E-state index contributed by atoms with van der Waals surface area (Å²) in [7, 11) is 2.05. The van der Waals surface area contributed by atoms with Crippen LogP contribution in [0, 0.1) is 5.82 Å². The van der Waals surface area contributed by atoms with E-state index in [9.17, 15) is 4.39 Å². The van der Waals surface area contributed by atoms with Crippen molar-refractivity contribution in [3.8, 4) is 0 Å². The largest absolute Gasteiger partial charge is 0.374 e. The van der Waals surface area contributed by atoms with Crippen molar-refractivity contribution >= 4 is 5.69 Å². The molecule has 0 spiro atoms. The zero-order chi connectivity index (χ0) is 13.8. The molecule has 18 heavy (non-hydrogen) atoms. The Bertz CT molecular complexity index is 383. The lowest BCUT2D eigenvalue weighted by atomic mass is 10.1. The molecular formula is C15H25FN2. The van der Waals surface area contributed by atoms with Gasteiger partial charge >= 0.3 is 0 Å². The van der Waals surface area contributed by atoms with E-state index in [1.807, 2.05) is 6.07 Å². The Morgan fingerprint density at radius 1 is 1.28 bits per heavy atom. The first-order valence-corrected chi connectivity index (χ1v) is 6.58. The molecule has 0 fully saturated rings. The summed E-state index contributed by atoms with van der Waals surface area (Å²) in [6.45, 7) is 10.1. The molecule has 0 saturated heterocycles. The van der Waals surface area contributed by atoms with Gasteiger partial charge < -0.3 is 10.2 Å². The van der Waals surface area contributed by atoms with Crippen molar-refractivity contribution in [3.05, 3.63) is 29.6 Å². The number of benzene rings is 1. The number of hydrogen-bond donors (Lipinski definition) is 1. The van der Waals surface area contributed by atoms with Crippen LogP contribution < -0.4 is 10.2 Å². The molecule has 0 aliphatic heterocycles. The zero-order valence-corrected chi connectivity index (χ0v) is 12.2. The van der Waals surface area contributed by atoms with Gasteiger partial charge in [0.05, 0.1) is 0 Å². The summed E-state index contributed by atoms with van der Waals surface area (Å²) < 4.78 is 13.4. The molecule has 102 valence electrons. The summed E-state index contributed by atoms with van der Waals surface area (Å²) in [6.07, 6.45) is 1.08. The van der Waals surface area contributed by atoms with E-state index < -0.39 is 0 Å². The van der Waals surface area contributed by atoms with Crippen LogP contribution in [0.4, 0.5) is 10.1 Å². The predicted molar refractivity (Wildman–Crippen MR) is 76.6 cm³/mol. The second-order valence-corrected chi connectivity index (χ2v) is 5.80. The van der Waals surface area contributed by atoms with Crippen LogP contribution in [0.2, 0.25) is 0 Å². The highest BCUT2D eigenvalue weighted by Crippen LogP contribution is 2.21. The second kappa shape index (κ2) is 6.19. The lowest BCUT2D eigenvalue weighted by molar-refractivity contribution is 0.423. The third-order valence-electron chi connectivity index (χ3n) is 2.82. The number of halogens is 1. The third-order valence-corrected chi connectivity index (χ3v) is 2.82. The molecule has 2 nitrogen and oxygen atoms in total. The van der Waals surface area contributed by atoms with E-state index in [1.165, 1.54) is 6.07 Å². The topological polar surface area (TPSA) is 15.3 Å². The maximum atomic E-state index is 13.4. The second-order valence-electron chi connectivity index (χ2n) is 5.80. The molecule has 0 radical (unpaired) electrons. The Balaban J connectivity index is 2.89. The lowest BCUT2D eigenvalue weighted by Crippen LogP contribution is -2.35. The summed E-state index contributed by atoms with van der Waals surface area (Å²) in [5.41, 5.74) is 2.16. The van der Waals surface area contributed by atoms with Crippen molar-refractivity contribution in [2.24, 2.45) is 0 Å². The predicted octanol–water partition coefficient (Wildman–Crippen LogP) is 3.56. The smallest absolute Gasteiger partial charge is 0.123 e. The van der Waals surface area contributed by atoms with E-state index in [-0.39, 0.29) is 11.4 Å². The molecule has 0 unspecified atom stereocenters. The molecule has 0 atom stereocenters. The van der Waals surface area contributed by atoms with Gasteiger partial charge in [0.2, 0.25) is 0 Å². The SMILES string of the molecule is CCCN(C)c1ccc(F)cc1CNC(C)(C)C. The summed E-state index contributed by atoms with van der Waals surface area (Å²) in [6, 6.07) is 5.02. The van der Waals surface area contributed by atoms with Gasteiger partial charge in [-0.15, -0.1) is 0 Å². The molecular weight excluding hydrogens is 227 g/mol. The normalized spacial score (nSPS) is 11.7. The van der Waals surface area contributed by atoms with Gasteiger partial charge in [-0.25, -0.2) is 4.39 Å². The monoisotopic (exact) mass is 252 g/mol. The van der Waals surface area contributed by atoms with Crippen molar-refractivity contribution in [2.45, 2.75) is 46.2 Å². The minimum atomic E-state index is -0.172. The minimum Gasteiger partial charge on any atom is -0.374 e. The molecule has 3 heteroatoms. The van der Waals surface area contributed by atoms with Gasteiger partial charge in [0, 0.05) is 31.4 Å². The summed E-state index contributed by atoms with van der Waals surface area (Å²) >= 11 is 0. The Hall–Kier alpha value is -1.09. The highest BCUT2D eigenvalue weighted by atomic mass is 19.1. The fraction of sp³-hybridized carbons (Fsp3) is 0.600. The number of anilines is 1. The van der Waals surface area contributed by atoms with Crippen molar-refractivity contribution in [3.63, 3.8) is 0 Å². The van der Waals surface area contributed by atoms with Crippen molar-refractivity contribution < 1.29 is 4.39 Å². The van der Waals surface area contributed by atoms with Crippen LogP contribution in [0.25, 0.3) is 0 Å². The standard InChI is InChI=1S/C15H25FN2/c1-6-9-18(5)14-8-7-13(16)10-12(14)11-17-15(2,3)4/h7-8,10,17H,6,9,11H2,1-5H3. The van der Waals surface area contributed by atoms with Gasteiger partial charge in [0.1, 0.15) is 5.82 Å². The summed E-state index contributed by atoms with van der Waals surface area (Å²) in [5.74, 6) is -0.172. The quantitative estimate of drug-likeness (QED) is 0.862. The van der Waals surface area contributed by atoms with Gasteiger partial charge in [0.25, 0.3) is 0 Å². The average molecular weight is 252 g/mol. The van der Waals surface area contributed by atoms with Crippen molar-refractivity contribution in [1.29, 1.82) is 0 Å². The van der Waals surface area contributed by atoms with Crippen molar-refractivity contribution in [1.82, 2.24) is 5.32 Å². The highest BCUT2D eigenvalue weighted by molar-refractivity contribution is 5.53. The maximum absolute atomic E-state index is 13.4. The Morgan fingerprint density at radius 2 is 1.94 bits per heavy atom. The van der Waals surface area contributed by atoms with Crippen molar-refractivity contribution in [2.75, 3.05) is 18.5 Å². The number of nitrogens with zero attached hydrogens (tertiary/aromatic N) is 1. The molecule has 0 saturated carbocycles. The minimum absolute atomic E-state index is 0.0346. The molecule has 0 amide bonds. The molecule has 1 N–H and O–H groups in total. The van der Waals surface area contributed by atoms with Crippen LogP contribution in [0.1, 0.15) is 39.7 Å². The third kappa shape index (κ3) is 4.65. The zero-order valence-electron chi connectivity index (χ0n) is 12.2. The first-order valence-electron chi connectivity index (χ1n) is 6.58. The van der Waals surface area contributed by atoms with E-state index in [2.05, 4.69) is 45.0 Å². The van der Waals surface area contributed by atoms with E-state index in [1.54, 1.807) is 6.07 Å². The van der Waals surface area contributed by atoms with Gasteiger partial charge in [-0.2, -0.15) is 0 Å². The van der Waals surface area contributed by atoms with Crippen LogP contribution in [-0.4, -0.2) is 19.1 Å². The molecule has 0 bridgehead atoms. The number of nitrogens with one attached hydrogen (secondary N) is 1. The van der Waals surface area contributed by atoms with E-state index in [4.69, 9.17) is 0 Å². The summed E-state index contributed by atoms with van der Waals surface area (Å²) in [5, 5.41) is 3.41. The molecule has 0 aliphatic carbocycles. The highest BCUT2D eigenvalue weighted by Gasteiger charge is 2.12. The van der Waals surface area contributed by atoms with Gasteiger partial charge in [-0.1, -0.05) is 6.92 Å². The molecule has 0 heterocycles.